The number of pyridine rings is 3. The van der Waals surface area contributed by atoms with Crippen molar-refractivity contribution in [3.63, 3.8) is 0 Å². The second kappa shape index (κ2) is 7.40. The predicted molar refractivity (Wildman–Crippen MR) is 125 cm³/mol. The molecule has 7 nitrogen and oxygen atoms in total. The van der Waals surface area contributed by atoms with Crippen LogP contribution in [0.15, 0.2) is 30.6 Å². The van der Waals surface area contributed by atoms with Crippen molar-refractivity contribution in [2.24, 2.45) is 0 Å². The Kier molecular flexibility index (Phi) is 4.57. The quantitative estimate of drug-likeness (QED) is 0.509. The van der Waals surface area contributed by atoms with E-state index in [4.69, 9.17) is 14.5 Å². The van der Waals surface area contributed by atoms with Crippen LogP contribution in [0.3, 0.4) is 0 Å². The van der Waals surface area contributed by atoms with Gasteiger partial charge in [0.1, 0.15) is 23.8 Å². The van der Waals surface area contributed by atoms with Crippen LogP contribution >= 0.6 is 0 Å². The Labute approximate surface area is 192 Å². The first-order valence-electron chi connectivity index (χ1n) is 11.9. The summed E-state index contributed by atoms with van der Waals surface area (Å²) in [7, 11) is 0. The van der Waals surface area contributed by atoms with Crippen LogP contribution < -0.4 is 10.1 Å². The summed E-state index contributed by atoms with van der Waals surface area (Å²) in [6, 6.07) is 5.70. The van der Waals surface area contributed by atoms with Crippen LogP contribution in [-0.2, 0) is 10.2 Å². The fraction of sp³-hybridized carbons (Fsp3) is 0.462. The van der Waals surface area contributed by atoms with Crippen molar-refractivity contribution in [2.45, 2.75) is 76.4 Å². The SMILES string of the molecule is CCC(C)c1cnc(OC2CC2)c2cnc(Nc3ccc4c(n3)C3(CC3)[C@H](C)OC4=O)cc12. The smallest absolute Gasteiger partial charge is 0.340 e. The maximum atomic E-state index is 12.4. The Bertz CT molecular complexity index is 1270. The topological polar surface area (TPSA) is 86.2 Å². The van der Waals surface area contributed by atoms with E-state index in [0.717, 1.165) is 48.6 Å². The first-order chi connectivity index (χ1) is 16.0. The van der Waals surface area contributed by atoms with Gasteiger partial charge in [-0.1, -0.05) is 13.8 Å². The van der Waals surface area contributed by atoms with Crippen molar-refractivity contribution in [1.29, 1.82) is 0 Å². The highest BCUT2D eigenvalue weighted by atomic mass is 16.5. The van der Waals surface area contributed by atoms with E-state index in [1.165, 1.54) is 5.56 Å². The number of ether oxygens (including phenoxy) is 2. The van der Waals surface area contributed by atoms with Crippen LogP contribution in [-0.4, -0.2) is 33.1 Å². The first-order valence-corrected chi connectivity index (χ1v) is 11.9. The Balaban J connectivity index is 1.38. The van der Waals surface area contributed by atoms with Gasteiger partial charge in [0.05, 0.1) is 22.1 Å². The van der Waals surface area contributed by atoms with Crippen molar-refractivity contribution in [1.82, 2.24) is 15.0 Å². The number of nitrogens with one attached hydrogen (secondary N) is 1. The summed E-state index contributed by atoms with van der Waals surface area (Å²) in [6.07, 6.45) is 9.09. The lowest BCUT2D eigenvalue weighted by Gasteiger charge is -2.30. The molecule has 1 N–H and O–H groups in total. The van der Waals surface area contributed by atoms with Gasteiger partial charge in [0.25, 0.3) is 0 Å². The predicted octanol–water partition coefficient (Wildman–Crippen LogP) is 5.41. The number of fused-ring (bicyclic) bond motifs is 3. The van der Waals surface area contributed by atoms with Gasteiger partial charge in [-0.2, -0.15) is 0 Å². The average Bonchev–Trinajstić information content (AvgIpc) is 3.73. The van der Waals surface area contributed by atoms with Crippen molar-refractivity contribution in [3.05, 3.63) is 47.4 Å². The Morgan fingerprint density at radius 3 is 2.73 bits per heavy atom. The van der Waals surface area contributed by atoms with E-state index in [1.54, 1.807) is 0 Å². The monoisotopic (exact) mass is 444 g/mol. The molecule has 2 aliphatic carbocycles. The number of cyclic esters (lactones) is 1. The van der Waals surface area contributed by atoms with Crippen LogP contribution in [0.4, 0.5) is 11.6 Å². The third-order valence-corrected chi connectivity index (χ3v) is 7.41. The Morgan fingerprint density at radius 1 is 1.18 bits per heavy atom. The van der Waals surface area contributed by atoms with Gasteiger partial charge < -0.3 is 14.8 Å². The van der Waals surface area contributed by atoms with Gasteiger partial charge in [0.15, 0.2) is 0 Å². The highest BCUT2D eigenvalue weighted by molar-refractivity contribution is 5.93. The molecule has 4 heterocycles. The molecule has 0 saturated heterocycles. The summed E-state index contributed by atoms with van der Waals surface area (Å²) in [4.78, 5) is 26.5. The minimum absolute atomic E-state index is 0.137. The molecule has 2 saturated carbocycles. The number of carbonyl (C=O) groups excluding carboxylic acids is 1. The van der Waals surface area contributed by atoms with Gasteiger partial charge in [0, 0.05) is 12.4 Å². The standard InChI is InChI=1S/C26H28N4O3/c1-4-14(2)19-12-28-24(33-16-5-6-16)20-13-27-22(11-18(19)20)29-21-8-7-17-23(30-21)26(9-10-26)15(3)32-25(17)31/h7-8,11-16H,4-6,9-10H2,1-3H3,(H,27,29,30)/t14?,15-/m0/s1. The van der Waals surface area contributed by atoms with Crippen molar-refractivity contribution < 1.29 is 14.3 Å². The highest BCUT2D eigenvalue weighted by Gasteiger charge is 2.56. The normalized spacial score (nSPS) is 21.4. The number of carbonyl (C=O) groups is 1. The molecule has 3 aromatic rings. The molecule has 0 aromatic carbocycles. The molecular formula is C26H28N4O3. The van der Waals surface area contributed by atoms with Crippen LogP contribution in [0.2, 0.25) is 0 Å². The number of nitrogens with zero attached hydrogens (tertiary/aromatic N) is 3. The van der Waals surface area contributed by atoms with E-state index >= 15 is 0 Å². The van der Waals surface area contributed by atoms with Gasteiger partial charge in [-0.05, 0) is 74.1 Å². The van der Waals surface area contributed by atoms with Crippen LogP contribution in [0.1, 0.15) is 80.4 Å². The first kappa shape index (κ1) is 20.4. The lowest BCUT2D eigenvalue weighted by Crippen LogP contribution is -2.36. The molecule has 3 aliphatic rings. The number of rotatable bonds is 6. The molecule has 0 bridgehead atoms. The zero-order valence-corrected chi connectivity index (χ0v) is 19.2. The molecule has 170 valence electrons. The van der Waals surface area contributed by atoms with Gasteiger partial charge >= 0.3 is 5.97 Å². The molecule has 3 aromatic heterocycles. The van der Waals surface area contributed by atoms with Crippen LogP contribution in [0, 0.1) is 0 Å². The van der Waals surface area contributed by atoms with Gasteiger partial charge in [-0.15, -0.1) is 0 Å². The zero-order chi connectivity index (χ0) is 22.7. The third kappa shape index (κ3) is 3.41. The van der Waals surface area contributed by atoms with Gasteiger partial charge in [-0.3, -0.25) is 0 Å². The van der Waals surface area contributed by atoms with Crippen molar-refractivity contribution in [2.75, 3.05) is 5.32 Å². The molecule has 7 heteroatoms. The Morgan fingerprint density at radius 2 is 2.00 bits per heavy atom. The molecule has 33 heavy (non-hydrogen) atoms. The van der Waals surface area contributed by atoms with Crippen molar-refractivity contribution >= 4 is 28.4 Å². The molecule has 2 fully saturated rings. The zero-order valence-electron chi connectivity index (χ0n) is 19.2. The molecular weight excluding hydrogens is 416 g/mol. The second-order valence-corrected chi connectivity index (χ2v) is 9.68. The molecule has 0 amide bonds. The summed E-state index contributed by atoms with van der Waals surface area (Å²) in [5.41, 5.74) is 2.48. The Hall–Kier alpha value is -3.22. The molecule has 6 rings (SSSR count). The molecule has 1 unspecified atom stereocenters. The molecule has 0 radical (unpaired) electrons. The van der Waals surface area contributed by atoms with Gasteiger partial charge in [0.2, 0.25) is 5.88 Å². The van der Waals surface area contributed by atoms with E-state index in [1.807, 2.05) is 31.5 Å². The third-order valence-electron chi connectivity index (χ3n) is 7.41. The van der Waals surface area contributed by atoms with Gasteiger partial charge in [-0.25, -0.2) is 19.7 Å². The highest BCUT2D eigenvalue weighted by Crippen LogP contribution is 2.54. The summed E-state index contributed by atoms with van der Waals surface area (Å²) in [5.74, 6) is 2.14. The van der Waals surface area contributed by atoms with E-state index in [0.29, 0.717) is 29.0 Å². The maximum Gasteiger partial charge on any atom is 0.340 e. The van der Waals surface area contributed by atoms with E-state index < -0.39 is 0 Å². The maximum absolute atomic E-state index is 12.4. The minimum Gasteiger partial charge on any atom is -0.474 e. The molecule has 2 atom stereocenters. The number of anilines is 2. The summed E-state index contributed by atoms with van der Waals surface area (Å²) < 4.78 is 11.6. The lowest BCUT2D eigenvalue weighted by molar-refractivity contribution is 0.0183. The van der Waals surface area contributed by atoms with E-state index in [-0.39, 0.29) is 23.6 Å². The number of hydrogen-bond acceptors (Lipinski definition) is 7. The summed E-state index contributed by atoms with van der Waals surface area (Å²) in [6.45, 7) is 6.36. The fourth-order valence-electron chi connectivity index (χ4n) is 4.76. The molecule has 1 spiro atoms. The number of hydrogen-bond donors (Lipinski definition) is 1. The van der Waals surface area contributed by atoms with Crippen molar-refractivity contribution in [3.8, 4) is 5.88 Å². The second-order valence-electron chi connectivity index (χ2n) is 9.68. The molecule has 1 aliphatic heterocycles. The fourth-order valence-corrected chi connectivity index (χ4v) is 4.76. The number of esters is 1. The lowest BCUT2D eigenvalue weighted by atomic mass is 9.89. The van der Waals surface area contributed by atoms with E-state index in [9.17, 15) is 4.79 Å². The summed E-state index contributed by atoms with van der Waals surface area (Å²) >= 11 is 0. The largest absolute Gasteiger partial charge is 0.474 e. The van der Waals surface area contributed by atoms with Crippen LogP contribution in [0.5, 0.6) is 5.88 Å². The minimum atomic E-state index is -0.285. The summed E-state index contributed by atoms with van der Waals surface area (Å²) in [5, 5.41) is 5.40. The number of aromatic nitrogens is 3. The average molecular weight is 445 g/mol. The van der Waals surface area contributed by atoms with E-state index in [2.05, 4.69) is 35.2 Å². The van der Waals surface area contributed by atoms with Crippen LogP contribution in [0.25, 0.3) is 10.8 Å².